The lowest BCUT2D eigenvalue weighted by Gasteiger charge is -2.17. The highest BCUT2D eigenvalue weighted by molar-refractivity contribution is 9.10. The second-order valence-corrected chi connectivity index (χ2v) is 5.02. The number of carbonyl (C=O) groups is 1. The quantitative estimate of drug-likeness (QED) is 0.882. The van der Waals surface area contributed by atoms with E-state index in [1.807, 2.05) is 0 Å². The summed E-state index contributed by atoms with van der Waals surface area (Å²) < 4.78 is 13.6. The first-order chi connectivity index (χ1) is 8.15. The average molecular weight is 301 g/mol. The van der Waals surface area contributed by atoms with Gasteiger partial charge in [-0.3, -0.25) is 4.79 Å². The second kappa shape index (κ2) is 5.49. The van der Waals surface area contributed by atoms with Crippen molar-refractivity contribution in [2.45, 2.75) is 25.3 Å². The Kier molecular flexibility index (Phi) is 3.99. The molecule has 1 aliphatic rings. The summed E-state index contributed by atoms with van der Waals surface area (Å²) in [5, 5.41) is 6.11. The largest absolute Gasteiger partial charge is 0.381 e. The van der Waals surface area contributed by atoms with Crippen molar-refractivity contribution in [3.63, 3.8) is 0 Å². The maximum atomic E-state index is 12.9. The average Bonchev–Trinajstić information content (AvgIpc) is 2.47. The van der Waals surface area contributed by atoms with Crippen LogP contribution in [-0.2, 0) is 4.79 Å². The van der Waals surface area contributed by atoms with E-state index < -0.39 is 0 Å². The van der Waals surface area contributed by atoms with Gasteiger partial charge in [-0.25, -0.2) is 4.39 Å². The standard InChI is InChI=1S/C12H14BrFN2O/c13-10-6-8(14)3-4-11(10)16-9-2-1-5-15-12(17)7-9/h3-4,6,9,16H,1-2,5,7H2,(H,15,17). The zero-order chi connectivity index (χ0) is 12.3. The Morgan fingerprint density at radius 3 is 3.06 bits per heavy atom. The van der Waals surface area contributed by atoms with Gasteiger partial charge in [-0.2, -0.15) is 0 Å². The number of hydrogen-bond donors (Lipinski definition) is 2. The van der Waals surface area contributed by atoms with Crippen molar-refractivity contribution in [3.05, 3.63) is 28.5 Å². The molecule has 17 heavy (non-hydrogen) atoms. The van der Waals surface area contributed by atoms with E-state index in [-0.39, 0.29) is 17.8 Å². The van der Waals surface area contributed by atoms with Crippen LogP contribution >= 0.6 is 15.9 Å². The molecule has 1 aliphatic heterocycles. The Morgan fingerprint density at radius 2 is 2.29 bits per heavy atom. The van der Waals surface area contributed by atoms with Crippen molar-refractivity contribution in [3.8, 4) is 0 Å². The lowest BCUT2D eigenvalue weighted by atomic mass is 10.1. The molecule has 0 bridgehead atoms. The molecule has 1 atom stereocenters. The SMILES string of the molecule is O=C1CC(Nc2ccc(F)cc2Br)CCCN1. The molecule has 1 aromatic rings. The normalized spacial score (nSPS) is 20.6. The summed E-state index contributed by atoms with van der Waals surface area (Å²) in [4.78, 5) is 11.4. The smallest absolute Gasteiger partial charge is 0.222 e. The highest BCUT2D eigenvalue weighted by Gasteiger charge is 2.17. The first kappa shape index (κ1) is 12.4. The molecule has 0 aliphatic carbocycles. The fourth-order valence-electron chi connectivity index (χ4n) is 1.92. The van der Waals surface area contributed by atoms with Crippen LogP contribution in [0.3, 0.4) is 0 Å². The van der Waals surface area contributed by atoms with Gasteiger partial charge in [0.1, 0.15) is 5.82 Å². The monoisotopic (exact) mass is 300 g/mol. The molecule has 2 N–H and O–H groups in total. The van der Waals surface area contributed by atoms with Crippen molar-refractivity contribution >= 4 is 27.5 Å². The minimum Gasteiger partial charge on any atom is -0.381 e. The molecule has 1 heterocycles. The first-order valence-electron chi connectivity index (χ1n) is 5.63. The molecule has 0 saturated carbocycles. The van der Waals surface area contributed by atoms with Crippen molar-refractivity contribution in [1.29, 1.82) is 0 Å². The van der Waals surface area contributed by atoms with Crippen molar-refractivity contribution in [1.82, 2.24) is 5.32 Å². The zero-order valence-electron chi connectivity index (χ0n) is 9.30. The summed E-state index contributed by atoms with van der Waals surface area (Å²) in [7, 11) is 0. The van der Waals surface area contributed by atoms with E-state index in [0.717, 1.165) is 25.1 Å². The third kappa shape index (κ3) is 3.43. The van der Waals surface area contributed by atoms with Crippen molar-refractivity contribution < 1.29 is 9.18 Å². The Bertz CT molecular complexity index is 425. The number of anilines is 1. The van der Waals surface area contributed by atoms with E-state index in [0.29, 0.717) is 10.9 Å². The van der Waals surface area contributed by atoms with Crippen LogP contribution in [0.4, 0.5) is 10.1 Å². The molecule has 1 unspecified atom stereocenters. The molecular formula is C12H14BrFN2O. The number of halogens is 2. The van der Waals surface area contributed by atoms with Gasteiger partial charge in [0, 0.05) is 29.2 Å². The predicted molar refractivity (Wildman–Crippen MR) is 68.4 cm³/mol. The summed E-state index contributed by atoms with van der Waals surface area (Å²) in [5.74, 6) is -0.209. The van der Waals surface area contributed by atoms with Crippen LogP contribution < -0.4 is 10.6 Å². The minimum absolute atomic E-state index is 0.0678. The Hall–Kier alpha value is -1.10. The van der Waals surface area contributed by atoms with Crippen LogP contribution in [0, 0.1) is 5.82 Å². The number of benzene rings is 1. The van der Waals surface area contributed by atoms with E-state index in [1.165, 1.54) is 12.1 Å². The molecule has 1 amide bonds. The summed E-state index contributed by atoms with van der Waals surface area (Å²) >= 11 is 3.31. The number of amides is 1. The van der Waals surface area contributed by atoms with Crippen LogP contribution in [0.15, 0.2) is 22.7 Å². The first-order valence-corrected chi connectivity index (χ1v) is 6.43. The van der Waals surface area contributed by atoms with Crippen molar-refractivity contribution in [2.75, 3.05) is 11.9 Å². The fourth-order valence-corrected chi connectivity index (χ4v) is 2.39. The maximum absolute atomic E-state index is 12.9. The lowest BCUT2D eigenvalue weighted by Crippen LogP contribution is -2.26. The molecule has 0 spiro atoms. The van der Waals surface area contributed by atoms with Gasteiger partial charge in [-0.15, -0.1) is 0 Å². The van der Waals surface area contributed by atoms with Gasteiger partial charge in [-0.1, -0.05) is 0 Å². The van der Waals surface area contributed by atoms with Gasteiger partial charge < -0.3 is 10.6 Å². The molecule has 1 fully saturated rings. The predicted octanol–water partition coefficient (Wildman–Crippen LogP) is 2.67. The molecule has 3 nitrogen and oxygen atoms in total. The number of hydrogen-bond acceptors (Lipinski definition) is 2. The van der Waals surface area contributed by atoms with E-state index in [1.54, 1.807) is 6.07 Å². The van der Waals surface area contributed by atoms with E-state index in [2.05, 4.69) is 26.6 Å². The van der Waals surface area contributed by atoms with Gasteiger partial charge in [0.25, 0.3) is 0 Å². The number of nitrogens with one attached hydrogen (secondary N) is 2. The Morgan fingerprint density at radius 1 is 1.47 bits per heavy atom. The van der Waals surface area contributed by atoms with Gasteiger partial charge in [0.05, 0.1) is 0 Å². The minimum atomic E-state index is -0.277. The van der Waals surface area contributed by atoms with Gasteiger partial charge in [-0.05, 0) is 47.0 Å². The van der Waals surface area contributed by atoms with Crippen molar-refractivity contribution in [2.24, 2.45) is 0 Å². The van der Waals surface area contributed by atoms with E-state index in [9.17, 15) is 9.18 Å². The molecule has 5 heteroatoms. The van der Waals surface area contributed by atoms with Crippen LogP contribution in [0.5, 0.6) is 0 Å². The fraction of sp³-hybridized carbons (Fsp3) is 0.417. The second-order valence-electron chi connectivity index (χ2n) is 4.16. The molecule has 0 radical (unpaired) electrons. The van der Waals surface area contributed by atoms with Crippen LogP contribution in [0.1, 0.15) is 19.3 Å². The summed E-state index contributed by atoms with van der Waals surface area (Å²) in [6.45, 7) is 0.738. The van der Waals surface area contributed by atoms with Gasteiger partial charge in [0.2, 0.25) is 5.91 Å². The molecule has 1 saturated heterocycles. The van der Waals surface area contributed by atoms with E-state index >= 15 is 0 Å². The third-order valence-electron chi connectivity index (χ3n) is 2.77. The molecule has 92 valence electrons. The number of rotatable bonds is 2. The summed E-state index contributed by atoms with van der Waals surface area (Å²) in [6, 6.07) is 4.62. The molecule has 2 rings (SSSR count). The molecule has 0 aromatic heterocycles. The summed E-state index contributed by atoms with van der Waals surface area (Å²) in [6.07, 6.45) is 2.36. The highest BCUT2D eigenvalue weighted by Crippen LogP contribution is 2.25. The van der Waals surface area contributed by atoms with Crippen LogP contribution in [0.25, 0.3) is 0 Å². The Balaban J connectivity index is 2.06. The molecule has 1 aromatic carbocycles. The zero-order valence-corrected chi connectivity index (χ0v) is 10.9. The lowest BCUT2D eigenvalue weighted by molar-refractivity contribution is -0.120. The van der Waals surface area contributed by atoms with Crippen LogP contribution in [-0.4, -0.2) is 18.5 Å². The van der Waals surface area contributed by atoms with Crippen LogP contribution in [0.2, 0.25) is 0 Å². The van der Waals surface area contributed by atoms with E-state index in [4.69, 9.17) is 0 Å². The molecular weight excluding hydrogens is 287 g/mol. The Labute approximate surface area is 108 Å². The van der Waals surface area contributed by atoms with Gasteiger partial charge >= 0.3 is 0 Å². The topological polar surface area (TPSA) is 41.1 Å². The third-order valence-corrected chi connectivity index (χ3v) is 3.43. The number of carbonyl (C=O) groups excluding carboxylic acids is 1. The van der Waals surface area contributed by atoms with Gasteiger partial charge in [0.15, 0.2) is 0 Å². The maximum Gasteiger partial charge on any atom is 0.222 e. The highest BCUT2D eigenvalue weighted by atomic mass is 79.9. The summed E-state index contributed by atoms with van der Waals surface area (Å²) in [5.41, 5.74) is 0.825.